The summed E-state index contributed by atoms with van der Waals surface area (Å²) in [7, 11) is 1.83. The molecular weight excluding hydrogens is 315 g/mol. The normalized spacial score (nSPS) is 19.3. The van der Waals surface area contributed by atoms with E-state index >= 15 is 0 Å². The fourth-order valence-corrected chi connectivity index (χ4v) is 2.15. The van der Waals surface area contributed by atoms with E-state index in [1.807, 2.05) is 45.2 Å². The summed E-state index contributed by atoms with van der Waals surface area (Å²) in [4.78, 5) is 0. The molecule has 0 aromatic heterocycles. The van der Waals surface area contributed by atoms with Crippen molar-refractivity contribution in [2.24, 2.45) is 5.10 Å². The molecule has 24 heavy (non-hydrogen) atoms. The molecule has 3 nitrogen and oxygen atoms in total. The Morgan fingerprint density at radius 1 is 1.38 bits per heavy atom. The summed E-state index contributed by atoms with van der Waals surface area (Å²) in [6.45, 7) is 4.86. The molecule has 0 spiro atoms. The van der Waals surface area contributed by atoms with Gasteiger partial charge in [0.25, 0.3) is 0 Å². The SMILES string of the molecule is C/C=C(/CCCC)N(/N=C(\C)C(F)(F)F)C1=CC=CC(NC)C=C1. The van der Waals surface area contributed by atoms with Gasteiger partial charge in [-0.15, -0.1) is 0 Å². The smallest absolute Gasteiger partial charge is 0.310 e. The molecule has 1 atom stereocenters. The molecule has 1 aliphatic rings. The highest BCUT2D eigenvalue weighted by molar-refractivity contribution is 5.87. The molecule has 1 unspecified atom stereocenters. The molecular formula is C18H26F3N3. The monoisotopic (exact) mass is 341 g/mol. The van der Waals surface area contributed by atoms with Crippen LogP contribution in [0, 0.1) is 0 Å². The van der Waals surface area contributed by atoms with E-state index in [1.165, 1.54) is 5.01 Å². The Balaban J connectivity index is 3.23. The number of rotatable bonds is 7. The van der Waals surface area contributed by atoms with Gasteiger partial charge in [0.05, 0.1) is 5.70 Å². The first-order valence-corrected chi connectivity index (χ1v) is 8.15. The molecule has 0 bridgehead atoms. The van der Waals surface area contributed by atoms with Crippen molar-refractivity contribution in [1.82, 2.24) is 10.3 Å². The van der Waals surface area contributed by atoms with Gasteiger partial charge in [0.1, 0.15) is 5.71 Å². The summed E-state index contributed by atoms with van der Waals surface area (Å²) in [5.41, 5.74) is 0.496. The van der Waals surface area contributed by atoms with Gasteiger partial charge in [-0.25, -0.2) is 5.01 Å². The lowest BCUT2D eigenvalue weighted by Gasteiger charge is -2.24. The average Bonchev–Trinajstić information content (AvgIpc) is 2.78. The van der Waals surface area contributed by atoms with Crippen LogP contribution in [0.1, 0.15) is 40.0 Å². The summed E-state index contributed by atoms with van der Waals surface area (Å²) in [6.07, 6.45) is 9.13. The summed E-state index contributed by atoms with van der Waals surface area (Å²) in [5.74, 6) is 0. The molecule has 0 aliphatic heterocycles. The van der Waals surface area contributed by atoms with E-state index in [1.54, 1.807) is 12.2 Å². The molecule has 6 heteroatoms. The van der Waals surface area contributed by atoms with Gasteiger partial charge in [0.2, 0.25) is 0 Å². The Bertz CT molecular complexity index is 554. The number of alkyl halides is 3. The Kier molecular flexibility index (Phi) is 7.98. The van der Waals surface area contributed by atoms with Crippen molar-refractivity contribution in [2.45, 2.75) is 52.3 Å². The Morgan fingerprint density at radius 3 is 2.62 bits per heavy atom. The van der Waals surface area contributed by atoms with Crippen molar-refractivity contribution < 1.29 is 13.2 Å². The molecule has 0 aromatic rings. The van der Waals surface area contributed by atoms with E-state index < -0.39 is 11.9 Å². The summed E-state index contributed by atoms with van der Waals surface area (Å²) >= 11 is 0. The van der Waals surface area contributed by atoms with Gasteiger partial charge in [-0.2, -0.15) is 18.3 Å². The van der Waals surface area contributed by atoms with Crippen LogP contribution in [0.25, 0.3) is 0 Å². The Morgan fingerprint density at radius 2 is 2.08 bits per heavy atom. The number of nitrogens with one attached hydrogen (secondary N) is 1. The number of hydrazone groups is 1. The first kappa shape index (κ1) is 20.2. The number of allylic oxidation sites excluding steroid dienone is 5. The third-order valence-corrected chi connectivity index (χ3v) is 3.69. The van der Waals surface area contributed by atoms with E-state index in [0.717, 1.165) is 25.5 Å². The Hall–Kier alpha value is -1.82. The van der Waals surface area contributed by atoms with Crippen LogP contribution >= 0.6 is 0 Å². The van der Waals surface area contributed by atoms with Crippen molar-refractivity contribution in [3.8, 4) is 0 Å². The van der Waals surface area contributed by atoms with Crippen molar-refractivity contribution in [3.05, 3.63) is 47.9 Å². The van der Waals surface area contributed by atoms with E-state index in [4.69, 9.17) is 0 Å². The van der Waals surface area contributed by atoms with Crippen LogP contribution in [0.5, 0.6) is 0 Å². The van der Waals surface area contributed by atoms with Crippen molar-refractivity contribution in [1.29, 1.82) is 0 Å². The minimum atomic E-state index is -4.44. The van der Waals surface area contributed by atoms with Gasteiger partial charge in [-0.3, -0.25) is 0 Å². The maximum Gasteiger partial charge on any atom is 0.430 e. The molecule has 1 N–H and O–H groups in total. The van der Waals surface area contributed by atoms with Gasteiger partial charge >= 0.3 is 6.18 Å². The lowest BCUT2D eigenvalue weighted by atomic mass is 10.2. The third kappa shape index (κ3) is 6.00. The fraction of sp³-hybridized carbons (Fsp3) is 0.500. The van der Waals surface area contributed by atoms with Crippen molar-refractivity contribution >= 4 is 5.71 Å². The Labute approximate surface area is 142 Å². The molecule has 0 saturated carbocycles. The second-order valence-corrected chi connectivity index (χ2v) is 5.53. The van der Waals surface area contributed by atoms with Crippen molar-refractivity contribution in [3.63, 3.8) is 0 Å². The molecule has 0 amide bonds. The molecule has 1 rings (SSSR count). The number of likely N-dealkylation sites (N-methyl/N-ethyl adjacent to an activating group) is 1. The zero-order valence-corrected chi connectivity index (χ0v) is 14.7. The summed E-state index contributed by atoms with van der Waals surface area (Å²) < 4.78 is 38.9. The van der Waals surface area contributed by atoms with Crippen LogP contribution in [0.3, 0.4) is 0 Å². The first-order chi connectivity index (χ1) is 11.3. The lowest BCUT2D eigenvalue weighted by molar-refractivity contribution is -0.0602. The highest BCUT2D eigenvalue weighted by atomic mass is 19.4. The minimum absolute atomic E-state index is 0.0398. The molecule has 0 radical (unpaired) electrons. The second kappa shape index (κ2) is 9.47. The molecule has 134 valence electrons. The predicted molar refractivity (Wildman–Crippen MR) is 93.5 cm³/mol. The number of halogens is 3. The van der Waals surface area contributed by atoms with Crippen LogP contribution < -0.4 is 5.32 Å². The molecule has 0 heterocycles. The highest BCUT2D eigenvalue weighted by Gasteiger charge is 2.33. The molecule has 0 aromatic carbocycles. The maximum absolute atomic E-state index is 13.0. The van der Waals surface area contributed by atoms with Gasteiger partial charge in [-0.1, -0.05) is 37.6 Å². The van der Waals surface area contributed by atoms with Crippen LogP contribution in [0.2, 0.25) is 0 Å². The zero-order chi connectivity index (χ0) is 18.2. The van der Waals surface area contributed by atoms with Gasteiger partial charge < -0.3 is 5.32 Å². The molecule has 0 fully saturated rings. The van der Waals surface area contributed by atoms with Crippen molar-refractivity contribution in [2.75, 3.05) is 7.05 Å². The fourth-order valence-electron chi connectivity index (χ4n) is 2.15. The van der Waals surface area contributed by atoms with E-state index in [0.29, 0.717) is 12.1 Å². The van der Waals surface area contributed by atoms with Crippen LogP contribution in [-0.2, 0) is 0 Å². The number of unbranched alkanes of at least 4 members (excludes halogenated alkanes) is 1. The standard InChI is InChI=1S/C18H26F3N3/c1-5-7-10-16(6-2)24(23-14(3)18(19,20)21)17-11-8-9-15(22-4)12-13-17/h6,8-9,11-13,15,22H,5,7,10H2,1-4H3/b16-6-,23-14+. The second-order valence-electron chi connectivity index (χ2n) is 5.53. The zero-order valence-electron chi connectivity index (χ0n) is 14.7. The van der Waals surface area contributed by atoms with Gasteiger partial charge in [0.15, 0.2) is 0 Å². The van der Waals surface area contributed by atoms with Gasteiger partial charge in [-0.05, 0) is 45.9 Å². The number of hydrogen-bond donors (Lipinski definition) is 1. The lowest BCUT2D eigenvalue weighted by Crippen LogP contribution is -2.25. The number of hydrogen-bond acceptors (Lipinski definition) is 3. The first-order valence-electron chi connectivity index (χ1n) is 8.15. The summed E-state index contributed by atoms with van der Waals surface area (Å²) in [6, 6.07) is 0.0398. The predicted octanol–water partition coefficient (Wildman–Crippen LogP) is 4.92. The molecule has 0 saturated heterocycles. The van der Waals surface area contributed by atoms with E-state index in [-0.39, 0.29) is 6.04 Å². The highest BCUT2D eigenvalue weighted by Crippen LogP contribution is 2.25. The largest absolute Gasteiger partial charge is 0.430 e. The summed E-state index contributed by atoms with van der Waals surface area (Å²) in [5, 5.41) is 8.36. The number of nitrogens with zero attached hydrogens (tertiary/aromatic N) is 2. The van der Waals surface area contributed by atoms with Gasteiger partial charge in [0, 0.05) is 11.7 Å². The molecule has 1 aliphatic carbocycles. The van der Waals surface area contributed by atoms with E-state index in [2.05, 4.69) is 10.4 Å². The average molecular weight is 341 g/mol. The topological polar surface area (TPSA) is 27.6 Å². The maximum atomic E-state index is 13.0. The van der Waals surface area contributed by atoms with Crippen LogP contribution in [0.4, 0.5) is 13.2 Å². The quantitative estimate of drug-likeness (QED) is 0.526. The van der Waals surface area contributed by atoms with Crippen LogP contribution in [-0.4, -0.2) is 30.0 Å². The van der Waals surface area contributed by atoms with Crippen LogP contribution in [0.15, 0.2) is 53.0 Å². The van der Waals surface area contributed by atoms with E-state index in [9.17, 15) is 13.2 Å². The third-order valence-electron chi connectivity index (χ3n) is 3.69. The minimum Gasteiger partial charge on any atom is -0.310 e.